The maximum atomic E-state index is 13.0. The Morgan fingerprint density at radius 2 is 1.90 bits per heavy atom. The van der Waals surface area contributed by atoms with Gasteiger partial charge in [-0.3, -0.25) is 24.1 Å². The number of methoxy groups -OCH3 is 2. The van der Waals surface area contributed by atoms with Crippen LogP contribution in [0.2, 0.25) is 0 Å². The van der Waals surface area contributed by atoms with Crippen molar-refractivity contribution in [2.75, 3.05) is 33.9 Å². The number of hydrogen-bond donors (Lipinski definition) is 2. The van der Waals surface area contributed by atoms with Gasteiger partial charge in [0, 0.05) is 43.4 Å². The first-order valence-corrected chi connectivity index (χ1v) is 13.6. The van der Waals surface area contributed by atoms with Gasteiger partial charge in [-0.05, 0) is 36.1 Å². The Kier molecular flexibility index (Phi) is 8.34. The topological polar surface area (TPSA) is 164 Å². The van der Waals surface area contributed by atoms with Crippen molar-refractivity contribution < 1.29 is 33.3 Å². The number of benzene rings is 1. The standard InChI is InChI=1S/C30H33N3O9/c1-39-24-7-6-18(9-25(24)41-16-26(31)35)21(11-28(37)40-2)30-29(38)23(34)10-20(42-30)15-32-12-17-8-19(14-32)22-4-3-5-27(36)33(22)13-17/h3-7,9-10,17,19,21,38H,8,11-16H2,1-2H3,(H2,31,35)/t17-,19+,21?/m1/s1. The number of nitrogens with zero attached hydrogens (tertiary/aromatic N) is 2. The number of amides is 1. The van der Waals surface area contributed by atoms with Crippen LogP contribution in [0.3, 0.4) is 0 Å². The number of carbonyl (C=O) groups is 2. The molecule has 2 bridgehead atoms. The summed E-state index contributed by atoms with van der Waals surface area (Å²) in [6.45, 7) is 1.90. The fourth-order valence-corrected chi connectivity index (χ4v) is 6.00. The summed E-state index contributed by atoms with van der Waals surface area (Å²) in [5.41, 5.74) is 6.04. The molecule has 1 aromatic carbocycles. The molecule has 3 aromatic rings. The summed E-state index contributed by atoms with van der Waals surface area (Å²) in [6, 6.07) is 11.3. The van der Waals surface area contributed by atoms with Crippen LogP contribution in [-0.2, 0) is 27.4 Å². The van der Waals surface area contributed by atoms with Gasteiger partial charge < -0.3 is 34.0 Å². The van der Waals surface area contributed by atoms with E-state index < -0.39 is 35.6 Å². The molecule has 1 fully saturated rings. The van der Waals surface area contributed by atoms with Crippen molar-refractivity contribution in [2.45, 2.75) is 37.8 Å². The van der Waals surface area contributed by atoms with Gasteiger partial charge in [0.25, 0.3) is 11.5 Å². The Morgan fingerprint density at radius 3 is 2.64 bits per heavy atom. The summed E-state index contributed by atoms with van der Waals surface area (Å²) < 4.78 is 23.7. The molecule has 0 radical (unpaired) electrons. The Balaban J connectivity index is 1.47. The average molecular weight is 580 g/mol. The number of primary amides is 1. The van der Waals surface area contributed by atoms with E-state index in [1.807, 2.05) is 10.6 Å². The molecule has 42 heavy (non-hydrogen) atoms. The lowest BCUT2D eigenvalue weighted by molar-refractivity contribution is -0.141. The molecular formula is C30H33N3O9. The van der Waals surface area contributed by atoms with Crippen molar-refractivity contribution in [1.82, 2.24) is 9.47 Å². The molecule has 5 rings (SSSR count). The van der Waals surface area contributed by atoms with Gasteiger partial charge in [-0.2, -0.15) is 0 Å². The fraction of sp³-hybridized carbons (Fsp3) is 0.400. The lowest BCUT2D eigenvalue weighted by atomic mass is 9.83. The summed E-state index contributed by atoms with van der Waals surface area (Å²) in [7, 11) is 2.67. The molecule has 4 heterocycles. The summed E-state index contributed by atoms with van der Waals surface area (Å²) in [5, 5.41) is 10.8. The fourth-order valence-electron chi connectivity index (χ4n) is 6.00. The first-order chi connectivity index (χ1) is 20.2. The molecule has 0 saturated carbocycles. The van der Waals surface area contributed by atoms with Crippen LogP contribution in [-0.4, -0.2) is 60.4 Å². The third kappa shape index (κ3) is 6.03. The highest BCUT2D eigenvalue weighted by Crippen LogP contribution is 2.39. The normalized spacial score (nSPS) is 18.5. The van der Waals surface area contributed by atoms with Gasteiger partial charge in [0.15, 0.2) is 23.9 Å². The molecule has 222 valence electrons. The number of piperidine rings is 1. The highest BCUT2D eigenvalue weighted by Gasteiger charge is 2.35. The quantitative estimate of drug-likeness (QED) is 0.338. The van der Waals surface area contributed by atoms with Crippen LogP contribution in [0.5, 0.6) is 17.2 Å². The van der Waals surface area contributed by atoms with E-state index >= 15 is 0 Å². The molecule has 2 aromatic heterocycles. The van der Waals surface area contributed by atoms with Crippen molar-refractivity contribution in [3.05, 3.63) is 85.8 Å². The van der Waals surface area contributed by atoms with Gasteiger partial charge in [0.1, 0.15) is 5.76 Å². The van der Waals surface area contributed by atoms with Crippen molar-refractivity contribution in [3.63, 3.8) is 0 Å². The van der Waals surface area contributed by atoms with Crippen molar-refractivity contribution in [1.29, 1.82) is 0 Å². The predicted molar refractivity (Wildman–Crippen MR) is 150 cm³/mol. The number of aromatic nitrogens is 1. The van der Waals surface area contributed by atoms with Gasteiger partial charge >= 0.3 is 5.97 Å². The van der Waals surface area contributed by atoms with Gasteiger partial charge in [-0.1, -0.05) is 12.1 Å². The second kappa shape index (κ2) is 12.1. The Hall–Kier alpha value is -4.58. The number of rotatable bonds is 10. The van der Waals surface area contributed by atoms with Crippen LogP contribution < -0.4 is 26.2 Å². The SMILES string of the molecule is COC(=O)CC(c1ccc(OC)c(OCC(N)=O)c1)c1oc(CN2C[C@H]3C[C@@H](C2)c2cccc(=O)n2C3)cc(=O)c1O. The number of nitrogens with two attached hydrogens (primary N) is 1. The second-order valence-corrected chi connectivity index (χ2v) is 10.7. The number of carbonyl (C=O) groups excluding carboxylic acids is 2. The second-order valence-electron chi connectivity index (χ2n) is 10.7. The number of esters is 1. The van der Waals surface area contributed by atoms with Crippen LogP contribution >= 0.6 is 0 Å². The lowest BCUT2D eigenvalue weighted by Gasteiger charge is -2.42. The van der Waals surface area contributed by atoms with Crippen molar-refractivity contribution in [2.24, 2.45) is 11.7 Å². The highest BCUT2D eigenvalue weighted by atomic mass is 16.5. The number of ether oxygens (including phenoxy) is 3. The van der Waals surface area contributed by atoms with Crippen molar-refractivity contribution in [3.8, 4) is 17.2 Å². The maximum absolute atomic E-state index is 13.0. The molecule has 2 aliphatic rings. The first-order valence-electron chi connectivity index (χ1n) is 13.6. The maximum Gasteiger partial charge on any atom is 0.306 e. The Morgan fingerprint density at radius 1 is 1.10 bits per heavy atom. The highest BCUT2D eigenvalue weighted by molar-refractivity contribution is 5.75. The van der Waals surface area contributed by atoms with Crippen LogP contribution in [0.15, 0.2) is 56.5 Å². The van der Waals surface area contributed by atoms with E-state index in [1.165, 1.54) is 26.4 Å². The van der Waals surface area contributed by atoms with E-state index in [1.54, 1.807) is 24.3 Å². The Bertz CT molecular complexity index is 1610. The van der Waals surface area contributed by atoms with E-state index in [4.69, 9.17) is 24.4 Å². The molecule has 0 spiro atoms. The molecule has 3 atom stereocenters. The molecule has 1 unspecified atom stereocenters. The van der Waals surface area contributed by atoms with Gasteiger partial charge in [-0.15, -0.1) is 0 Å². The molecule has 0 aliphatic carbocycles. The number of aromatic hydroxyl groups is 1. The summed E-state index contributed by atoms with van der Waals surface area (Å²) in [5.74, 6) is -1.67. The first kappa shape index (κ1) is 28.9. The third-order valence-electron chi connectivity index (χ3n) is 7.81. The summed E-state index contributed by atoms with van der Waals surface area (Å²) in [6.07, 6.45) is 0.723. The lowest BCUT2D eigenvalue weighted by Crippen LogP contribution is -2.46. The third-order valence-corrected chi connectivity index (χ3v) is 7.81. The van der Waals surface area contributed by atoms with Crippen LogP contribution in [0.1, 0.15) is 47.5 Å². The minimum atomic E-state index is -0.925. The van der Waals surface area contributed by atoms with E-state index in [2.05, 4.69) is 4.90 Å². The number of hydrogen-bond acceptors (Lipinski definition) is 10. The van der Waals surface area contributed by atoms with E-state index in [-0.39, 0.29) is 35.3 Å². The van der Waals surface area contributed by atoms with Gasteiger partial charge in [-0.25, -0.2) is 0 Å². The van der Waals surface area contributed by atoms with Crippen LogP contribution in [0, 0.1) is 5.92 Å². The van der Waals surface area contributed by atoms with Crippen molar-refractivity contribution >= 4 is 11.9 Å². The van der Waals surface area contributed by atoms with Gasteiger partial charge in [0.2, 0.25) is 11.2 Å². The molecule has 1 amide bonds. The zero-order chi connectivity index (χ0) is 30.0. The molecular weight excluding hydrogens is 546 g/mol. The van der Waals surface area contributed by atoms with Gasteiger partial charge in [0.05, 0.1) is 33.1 Å². The van der Waals surface area contributed by atoms with E-state index in [9.17, 15) is 24.3 Å². The minimum Gasteiger partial charge on any atom is -0.502 e. The molecule has 3 N–H and O–H groups in total. The molecule has 1 saturated heterocycles. The average Bonchev–Trinajstić information content (AvgIpc) is 2.97. The Labute approximate surface area is 241 Å². The summed E-state index contributed by atoms with van der Waals surface area (Å²) >= 11 is 0. The largest absolute Gasteiger partial charge is 0.502 e. The smallest absolute Gasteiger partial charge is 0.306 e. The number of likely N-dealkylation sites (tertiary alicyclic amines) is 1. The number of fused-ring (bicyclic) bond motifs is 4. The minimum absolute atomic E-state index is 0.00295. The summed E-state index contributed by atoms with van der Waals surface area (Å²) in [4.78, 5) is 51.3. The van der Waals surface area contributed by atoms with E-state index in [0.717, 1.165) is 12.1 Å². The zero-order valence-electron chi connectivity index (χ0n) is 23.4. The monoisotopic (exact) mass is 579 g/mol. The molecule has 12 nitrogen and oxygen atoms in total. The zero-order valence-corrected chi connectivity index (χ0v) is 23.4. The number of pyridine rings is 1. The predicted octanol–water partition coefficient (Wildman–Crippen LogP) is 1.69. The van der Waals surface area contributed by atoms with Crippen LogP contribution in [0.4, 0.5) is 0 Å². The van der Waals surface area contributed by atoms with Crippen LogP contribution in [0.25, 0.3) is 0 Å². The van der Waals surface area contributed by atoms with E-state index in [0.29, 0.717) is 43.3 Å². The molecule has 12 heteroatoms. The molecule has 2 aliphatic heterocycles.